The van der Waals surface area contributed by atoms with Gasteiger partial charge in [0.15, 0.2) is 5.76 Å². The second-order valence-electron chi connectivity index (χ2n) is 7.30. The maximum atomic E-state index is 12.4. The summed E-state index contributed by atoms with van der Waals surface area (Å²) < 4.78 is 5.25. The summed E-state index contributed by atoms with van der Waals surface area (Å²) in [6, 6.07) is 5.68. The molecule has 1 aliphatic rings. The van der Waals surface area contributed by atoms with Crippen LogP contribution in [-0.4, -0.2) is 53.7 Å². The third-order valence-corrected chi connectivity index (χ3v) is 5.00. The Kier molecular flexibility index (Phi) is 7.42. The van der Waals surface area contributed by atoms with Gasteiger partial charge in [0.05, 0.1) is 17.8 Å². The first-order valence-electron chi connectivity index (χ1n) is 10.4. The minimum absolute atomic E-state index is 0.155. The van der Waals surface area contributed by atoms with Crippen LogP contribution in [0, 0.1) is 0 Å². The number of pyridine rings is 1. The molecule has 1 aliphatic heterocycles. The maximum Gasteiger partial charge on any atom is 0.253 e. The van der Waals surface area contributed by atoms with Gasteiger partial charge in [0.25, 0.3) is 5.91 Å². The smallest absolute Gasteiger partial charge is 0.253 e. The van der Waals surface area contributed by atoms with Crippen LogP contribution in [0.3, 0.4) is 0 Å². The lowest BCUT2D eigenvalue weighted by atomic mass is 10.2. The number of nitrogens with zero attached hydrogens (tertiary/aromatic N) is 4. The molecule has 2 aromatic rings. The van der Waals surface area contributed by atoms with Crippen LogP contribution in [0.15, 0.2) is 28.9 Å². The third kappa shape index (κ3) is 5.55. The van der Waals surface area contributed by atoms with E-state index in [1.807, 2.05) is 18.2 Å². The fraction of sp³-hybridized carbons (Fsp3) is 0.571. The number of hydrogen-bond acceptors (Lipinski definition) is 6. The summed E-state index contributed by atoms with van der Waals surface area (Å²) in [5.74, 6) is 1.45. The molecular formula is C21H31N5O2. The van der Waals surface area contributed by atoms with Crippen LogP contribution in [0.4, 0.5) is 5.82 Å². The average molecular weight is 386 g/mol. The molecule has 7 heteroatoms. The fourth-order valence-corrected chi connectivity index (χ4v) is 3.53. The number of carbonyl (C=O) groups is 1. The van der Waals surface area contributed by atoms with Crippen molar-refractivity contribution in [3.05, 3.63) is 41.4 Å². The summed E-state index contributed by atoms with van der Waals surface area (Å²) in [7, 11) is 0. The van der Waals surface area contributed by atoms with Gasteiger partial charge in [-0.3, -0.25) is 4.79 Å². The highest BCUT2D eigenvalue weighted by Gasteiger charge is 2.16. The van der Waals surface area contributed by atoms with Gasteiger partial charge in [-0.15, -0.1) is 0 Å². The lowest BCUT2D eigenvalue weighted by Crippen LogP contribution is -2.31. The Labute approximate surface area is 167 Å². The molecule has 0 spiro atoms. The molecule has 0 aromatic carbocycles. The second-order valence-corrected chi connectivity index (χ2v) is 7.30. The largest absolute Gasteiger partial charge is 0.359 e. The summed E-state index contributed by atoms with van der Waals surface area (Å²) >= 11 is 0. The number of nitrogens with one attached hydrogen (secondary N) is 1. The Balaban J connectivity index is 1.52. The van der Waals surface area contributed by atoms with Gasteiger partial charge in [-0.05, 0) is 44.5 Å². The van der Waals surface area contributed by atoms with E-state index in [1.165, 1.54) is 6.42 Å². The Morgan fingerprint density at radius 2 is 2.07 bits per heavy atom. The van der Waals surface area contributed by atoms with Crippen LogP contribution in [0.1, 0.15) is 54.9 Å². The molecule has 0 atom stereocenters. The number of rotatable bonds is 8. The van der Waals surface area contributed by atoms with Gasteiger partial charge in [0.2, 0.25) is 0 Å². The van der Waals surface area contributed by atoms with Gasteiger partial charge in [-0.2, -0.15) is 0 Å². The van der Waals surface area contributed by atoms with Crippen LogP contribution >= 0.6 is 0 Å². The molecular weight excluding hydrogens is 354 g/mol. The first-order valence-corrected chi connectivity index (χ1v) is 10.4. The normalized spacial score (nSPS) is 15.4. The molecule has 0 unspecified atom stereocenters. The van der Waals surface area contributed by atoms with Gasteiger partial charge in [-0.25, -0.2) is 4.98 Å². The molecule has 2 aromatic heterocycles. The first-order chi connectivity index (χ1) is 13.7. The topological polar surface area (TPSA) is 74.5 Å². The highest BCUT2D eigenvalue weighted by Crippen LogP contribution is 2.15. The van der Waals surface area contributed by atoms with Crippen molar-refractivity contribution in [2.45, 2.75) is 46.1 Å². The number of anilines is 1. The van der Waals surface area contributed by atoms with E-state index < -0.39 is 0 Å². The molecule has 0 bridgehead atoms. The summed E-state index contributed by atoms with van der Waals surface area (Å²) in [6.07, 6.45) is 5.89. The van der Waals surface area contributed by atoms with Gasteiger partial charge in [0.1, 0.15) is 5.82 Å². The van der Waals surface area contributed by atoms with E-state index in [1.54, 1.807) is 6.20 Å². The molecule has 0 aliphatic carbocycles. The molecule has 28 heavy (non-hydrogen) atoms. The summed E-state index contributed by atoms with van der Waals surface area (Å²) in [4.78, 5) is 21.7. The predicted octanol–water partition coefficient (Wildman–Crippen LogP) is 2.87. The van der Waals surface area contributed by atoms with Crippen molar-refractivity contribution in [3.8, 4) is 0 Å². The van der Waals surface area contributed by atoms with Gasteiger partial charge < -0.3 is 19.6 Å². The lowest BCUT2D eigenvalue weighted by Gasteiger charge is -2.22. The summed E-state index contributed by atoms with van der Waals surface area (Å²) in [6.45, 7) is 10.00. The fourth-order valence-electron chi connectivity index (χ4n) is 3.53. The standard InChI is InChI=1S/C21H31N5O2/c1-3-6-18-14-19(28-24-18)16-23-21(27)17-7-8-20(22-15-17)26-11-5-10-25(9-4-2)12-13-26/h7-8,14-15H,3-6,9-13,16H2,1-2H3,(H,23,27). The minimum atomic E-state index is -0.155. The molecule has 0 radical (unpaired) electrons. The van der Waals surface area contributed by atoms with E-state index in [4.69, 9.17) is 4.52 Å². The zero-order valence-electron chi connectivity index (χ0n) is 17.0. The van der Waals surface area contributed by atoms with Crippen molar-refractivity contribution in [1.82, 2.24) is 20.4 Å². The molecule has 1 saturated heterocycles. The number of aromatic nitrogens is 2. The molecule has 3 rings (SSSR count). The SMILES string of the molecule is CCCc1cc(CNC(=O)c2ccc(N3CCCN(CCC)CC3)nc2)on1. The monoisotopic (exact) mass is 385 g/mol. The minimum Gasteiger partial charge on any atom is -0.359 e. The summed E-state index contributed by atoms with van der Waals surface area (Å²) in [5.41, 5.74) is 1.48. The van der Waals surface area contributed by atoms with Gasteiger partial charge in [0, 0.05) is 31.9 Å². The van der Waals surface area contributed by atoms with Crippen LogP contribution in [0.5, 0.6) is 0 Å². The van der Waals surface area contributed by atoms with Crippen molar-refractivity contribution < 1.29 is 9.32 Å². The zero-order chi connectivity index (χ0) is 19.8. The zero-order valence-corrected chi connectivity index (χ0v) is 17.0. The predicted molar refractivity (Wildman–Crippen MR) is 109 cm³/mol. The van der Waals surface area contributed by atoms with Crippen LogP contribution in [0.25, 0.3) is 0 Å². The van der Waals surface area contributed by atoms with E-state index in [9.17, 15) is 4.79 Å². The number of hydrogen-bond donors (Lipinski definition) is 1. The van der Waals surface area contributed by atoms with Gasteiger partial charge >= 0.3 is 0 Å². The highest BCUT2D eigenvalue weighted by molar-refractivity contribution is 5.93. The van der Waals surface area contributed by atoms with Crippen molar-refractivity contribution in [2.75, 3.05) is 37.6 Å². The van der Waals surface area contributed by atoms with E-state index in [0.717, 1.165) is 63.5 Å². The van der Waals surface area contributed by atoms with Crippen molar-refractivity contribution in [3.63, 3.8) is 0 Å². The van der Waals surface area contributed by atoms with Crippen molar-refractivity contribution >= 4 is 11.7 Å². The lowest BCUT2D eigenvalue weighted by molar-refractivity contribution is 0.0946. The molecule has 1 fully saturated rings. The second kappa shape index (κ2) is 10.2. The van der Waals surface area contributed by atoms with E-state index in [2.05, 4.69) is 39.1 Å². The number of aryl methyl sites for hydroxylation is 1. The maximum absolute atomic E-state index is 12.4. The van der Waals surface area contributed by atoms with E-state index in [-0.39, 0.29) is 5.91 Å². The molecule has 7 nitrogen and oxygen atoms in total. The number of carbonyl (C=O) groups excluding carboxylic acids is 1. The molecule has 0 saturated carbocycles. The number of amides is 1. The van der Waals surface area contributed by atoms with Crippen molar-refractivity contribution in [1.29, 1.82) is 0 Å². The first kappa shape index (κ1) is 20.3. The average Bonchev–Trinajstić information content (AvgIpc) is 3.03. The molecule has 1 N–H and O–H groups in total. The van der Waals surface area contributed by atoms with Crippen LogP contribution in [-0.2, 0) is 13.0 Å². The van der Waals surface area contributed by atoms with Crippen molar-refractivity contribution in [2.24, 2.45) is 0 Å². The van der Waals surface area contributed by atoms with Crippen LogP contribution < -0.4 is 10.2 Å². The molecule has 152 valence electrons. The molecule has 1 amide bonds. The van der Waals surface area contributed by atoms with Gasteiger partial charge in [-0.1, -0.05) is 25.4 Å². The van der Waals surface area contributed by atoms with Crippen LogP contribution in [0.2, 0.25) is 0 Å². The Morgan fingerprint density at radius 3 is 2.82 bits per heavy atom. The van der Waals surface area contributed by atoms with E-state index in [0.29, 0.717) is 17.9 Å². The Bertz CT molecular complexity index is 744. The summed E-state index contributed by atoms with van der Waals surface area (Å²) in [5, 5.41) is 6.86. The molecule has 3 heterocycles. The third-order valence-electron chi connectivity index (χ3n) is 5.00. The quantitative estimate of drug-likeness (QED) is 0.753. The Hall–Kier alpha value is -2.41. The highest BCUT2D eigenvalue weighted by atomic mass is 16.5. The van der Waals surface area contributed by atoms with E-state index >= 15 is 0 Å². The Morgan fingerprint density at radius 1 is 1.18 bits per heavy atom.